The fraction of sp³-hybridized carbons (Fsp3) is 0.611. The van der Waals surface area contributed by atoms with Crippen molar-refractivity contribution in [2.75, 3.05) is 44.7 Å². The Bertz CT molecular complexity index is 517. The molecular weight excluding hydrogens is 290 g/mol. The molecule has 1 aliphatic heterocycles. The third-order valence-electron chi connectivity index (χ3n) is 4.49. The second kappa shape index (κ2) is 7.79. The van der Waals surface area contributed by atoms with Gasteiger partial charge < -0.3 is 15.4 Å². The summed E-state index contributed by atoms with van der Waals surface area (Å²) in [5.41, 5.74) is 3.31. The number of carbonyl (C=O) groups is 1. The molecule has 1 fully saturated rings. The fourth-order valence-electron chi connectivity index (χ4n) is 2.92. The molecule has 0 radical (unpaired) electrons. The minimum atomic E-state index is -0.0575. The molecule has 0 aliphatic carbocycles. The number of anilines is 1. The number of carbonyl (C=O) groups excluding carboxylic acids is 1. The van der Waals surface area contributed by atoms with Crippen LogP contribution in [-0.2, 0) is 9.53 Å². The van der Waals surface area contributed by atoms with Crippen LogP contribution in [0.1, 0.15) is 25.0 Å². The smallest absolute Gasteiger partial charge is 0.239 e. The van der Waals surface area contributed by atoms with Crippen molar-refractivity contribution >= 4 is 11.6 Å². The molecule has 1 amide bonds. The molecule has 5 nitrogen and oxygen atoms in total. The first-order valence-corrected chi connectivity index (χ1v) is 8.30. The molecule has 2 N–H and O–H groups in total. The number of hydrogen-bond donors (Lipinski definition) is 2. The number of para-hydroxylation sites is 1. The highest BCUT2D eigenvalue weighted by molar-refractivity contribution is 5.81. The van der Waals surface area contributed by atoms with Crippen molar-refractivity contribution < 1.29 is 9.53 Å². The first-order valence-electron chi connectivity index (χ1n) is 8.30. The van der Waals surface area contributed by atoms with E-state index in [0.29, 0.717) is 13.1 Å². The molecule has 128 valence electrons. The van der Waals surface area contributed by atoms with E-state index < -0.39 is 0 Å². The number of benzene rings is 1. The molecule has 0 bridgehead atoms. The monoisotopic (exact) mass is 319 g/mol. The van der Waals surface area contributed by atoms with E-state index in [1.165, 1.54) is 0 Å². The van der Waals surface area contributed by atoms with Crippen molar-refractivity contribution in [1.82, 2.24) is 10.2 Å². The van der Waals surface area contributed by atoms with E-state index in [1.807, 2.05) is 6.07 Å². The summed E-state index contributed by atoms with van der Waals surface area (Å²) in [6.45, 7) is 12.7. The van der Waals surface area contributed by atoms with Crippen LogP contribution in [0.4, 0.5) is 5.69 Å². The van der Waals surface area contributed by atoms with E-state index >= 15 is 0 Å². The van der Waals surface area contributed by atoms with E-state index in [-0.39, 0.29) is 11.4 Å². The molecule has 0 unspecified atom stereocenters. The predicted molar refractivity (Wildman–Crippen MR) is 93.9 cm³/mol. The second-order valence-electron chi connectivity index (χ2n) is 6.81. The number of morpholine rings is 1. The molecule has 1 heterocycles. The molecule has 5 heteroatoms. The Hall–Kier alpha value is -1.59. The molecule has 1 aliphatic rings. The van der Waals surface area contributed by atoms with Gasteiger partial charge in [0.1, 0.15) is 0 Å². The average molecular weight is 319 g/mol. The second-order valence-corrected chi connectivity index (χ2v) is 6.81. The summed E-state index contributed by atoms with van der Waals surface area (Å²) >= 11 is 0. The molecule has 0 saturated carbocycles. The maximum atomic E-state index is 12.2. The van der Waals surface area contributed by atoms with Gasteiger partial charge in [0.15, 0.2) is 0 Å². The van der Waals surface area contributed by atoms with E-state index in [4.69, 9.17) is 4.74 Å². The number of nitrogens with one attached hydrogen (secondary N) is 2. The minimum absolute atomic E-state index is 0.0222. The lowest BCUT2D eigenvalue weighted by Gasteiger charge is -2.40. The minimum Gasteiger partial charge on any atom is -0.379 e. The topological polar surface area (TPSA) is 53.6 Å². The lowest BCUT2D eigenvalue weighted by molar-refractivity contribution is -0.120. The largest absolute Gasteiger partial charge is 0.379 e. The van der Waals surface area contributed by atoms with Gasteiger partial charge in [-0.3, -0.25) is 9.69 Å². The summed E-state index contributed by atoms with van der Waals surface area (Å²) in [5.74, 6) is 0.0222. The highest BCUT2D eigenvalue weighted by atomic mass is 16.5. The molecule has 0 atom stereocenters. The summed E-state index contributed by atoms with van der Waals surface area (Å²) in [5, 5.41) is 6.30. The van der Waals surface area contributed by atoms with Crippen molar-refractivity contribution in [1.29, 1.82) is 0 Å². The SMILES string of the molecule is Cc1cccc(C)c1NCC(=O)NCC(C)(C)N1CCOCC1. The Morgan fingerprint density at radius 3 is 2.43 bits per heavy atom. The maximum Gasteiger partial charge on any atom is 0.239 e. The van der Waals surface area contributed by atoms with Gasteiger partial charge in [-0.2, -0.15) is 0 Å². The van der Waals surface area contributed by atoms with Crippen LogP contribution in [0.5, 0.6) is 0 Å². The summed E-state index contributed by atoms with van der Waals surface area (Å²) in [6.07, 6.45) is 0. The van der Waals surface area contributed by atoms with Crippen molar-refractivity contribution in [3.63, 3.8) is 0 Å². The van der Waals surface area contributed by atoms with Gasteiger partial charge in [-0.15, -0.1) is 0 Å². The van der Waals surface area contributed by atoms with Crippen molar-refractivity contribution in [3.8, 4) is 0 Å². The van der Waals surface area contributed by atoms with Gasteiger partial charge in [0, 0.05) is 30.9 Å². The lowest BCUT2D eigenvalue weighted by Crippen LogP contribution is -2.55. The number of aryl methyl sites for hydroxylation is 2. The molecule has 0 spiro atoms. The normalized spacial score (nSPS) is 16.2. The number of amides is 1. The standard InChI is InChI=1S/C18H29N3O2/c1-14-6-5-7-15(2)17(14)19-12-16(22)20-13-18(3,4)21-8-10-23-11-9-21/h5-7,19H,8-13H2,1-4H3,(H,20,22). The van der Waals surface area contributed by atoms with Crippen molar-refractivity contribution in [2.24, 2.45) is 0 Å². The van der Waals surface area contributed by atoms with Crippen LogP contribution in [0.2, 0.25) is 0 Å². The zero-order valence-electron chi connectivity index (χ0n) is 14.7. The van der Waals surface area contributed by atoms with Gasteiger partial charge in [-0.1, -0.05) is 18.2 Å². The Balaban J connectivity index is 1.80. The first kappa shape index (κ1) is 17.8. The highest BCUT2D eigenvalue weighted by Crippen LogP contribution is 2.19. The lowest BCUT2D eigenvalue weighted by atomic mass is 10.0. The first-order chi connectivity index (χ1) is 10.9. The summed E-state index contributed by atoms with van der Waals surface area (Å²) in [4.78, 5) is 14.5. The van der Waals surface area contributed by atoms with Crippen molar-refractivity contribution in [3.05, 3.63) is 29.3 Å². The van der Waals surface area contributed by atoms with Crippen molar-refractivity contribution in [2.45, 2.75) is 33.2 Å². The Labute approximate surface area is 139 Å². The van der Waals surface area contributed by atoms with E-state index in [1.54, 1.807) is 0 Å². The molecule has 2 rings (SSSR count). The van der Waals surface area contributed by atoms with Gasteiger partial charge in [-0.05, 0) is 38.8 Å². The fourth-order valence-corrected chi connectivity index (χ4v) is 2.92. The zero-order chi connectivity index (χ0) is 16.9. The molecule has 23 heavy (non-hydrogen) atoms. The van der Waals surface area contributed by atoms with Crippen LogP contribution in [-0.4, -0.2) is 55.7 Å². The third kappa shape index (κ3) is 4.94. The number of nitrogens with zero attached hydrogens (tertiary/aromatic N) is 1. The van der Waals surface area contributed by atoms with Gasteiger partial charge >= 0.3 is 0 Å². The van der Waals surface area contributed by atoms with E-state index in [0.717, 1.165) is 43.1 Å². The van der Waals surface area contributed by atoms with Crippen LogP contribution in [0.3, 0.4) is 0 Å². The summed E-state index contributed by atoms with van der Waals surface area (Å²) in [7, 11) is 0. The molecule has 1 saturated heterocycles. The third-order valence-corrected chi connectivity index (χ3v) is 4.49. The Kier molecular flexibility index (Phi) is 6.02. The van der Waals surface area contributed by atoms with Crippen LogP contribution < -0.4 is 10.6 Å². The van der Waals surface area contributed by atoms with Crippen LogP contribution in [0, 0.1) is 13.8 Å². The number of rotatable bonds is 6. The quantitative estimate of drug-likeness (QED) is 0.841. The molecule has 1 aromatic carbocycles. The van der Waals surface area contributed by atoms with Gasteiger partial charge in [-0.25, -0.2) is 0 Å². The molecule has 0 aromatic heterocycles. The van der Waals surface area contributed by atoms with E-state index in [2.05, 4.69) is 55.4 Å². The van der Waals surface area contributed by atoms with Gasteiger partial charge in [0.25, 0.3) is 0 Å². The van der Waals surface area contributed by atoms with Crippen LogP contribution in [0.25, 0.3) is 0 Å². The summed E-state index contributed by atoms with van der Waals surface area (Å²) < 4.78 is 5.39. The van der Waals surface area contributed by atoms with Gasteiger partial charge in [0.05, 0.1) is 19.8 Å². The number of hydrogen-bond acceptors (Lipinski definition) is 4. The van der Waals surface area contributed by atoms with Crippen LogP contribution >= 0.6 is 0 Å². The van der Waals surface area contributed by atoms with E-state index in [9.17, 15) is 4.79 Å². The van der Waals surface area contributed by atoms with Crippen LogP contribution in [0.15, 0.2) is 18.2 Å². The average Bonchev–Trinajstić information content (AvgIpc) is 2.53. The maximum absolute atomic E-state index is 12.2. The Morgan fingerprint density at radius 2 is 1.83 bits per heavy atom. The molecular formula is C18H29N3O2. The highest BCUT2D eigenvalue weighted by Gasteiger charge is 2.28. The zero-order valence-corrected chi connectivity index (χ0v) is 14.7. The number of ether oxygens (including phenoxy) is 1. The van der Waals surface area contributed by atoms with Gasteiger partial charge in [0.2, 0.25) is 5.91 Å². The molecule has 1 aromatic rings. The predicted octanol–water partition coefficient (Wildman–Crippen LogP) is 1.94. The summed E-state index contributed by atoms with van der Waals surface area (Å²) in [6, 6.07) is 6.13. The Morgan fingerprint density at radius 1 is 1.22 bits per heavy atom.